The predicted molar refractivity (Wildman–Crippen MR) is 126 cm³/mol. The maximum absolute atomic E-state index is 12.9. The van der Waals surface area contributed by atoms with Crippen LogP contribution in [-0.2, 0) is 11.2 Å². The topological polar surface area (TPSA) is 70.1 Å². The lowest BCUT2D eigenvalue weighted by molar-refractivity contribution is -0.132. The van der Waals surface area contributed by atoms with Crippen LogP contribution in [0.15, 0.2) is 48.7 Å². The maximum atomic E-state index is 12.9. The summed E-state index contributed by atoms with van der Waals surface area (Å²) >= 11 is 0. The summed E-state index contributed by atoms with van der Waals surface area (Å²) in [7, 11) is 4.76. The number of nitrogens with zero attached hydrogens (tertiary/aromatic N) is 2. The summed E-state index contributed by atoms with van der Waals surface area (Å²) in [6.45, 7) is 1.37. The second-order valence-electron chi connectivity index (χ2n) is 8.02. The normalized spacial score (nSPS) is 14.2. The molecule has 1 saturated heterocycles. The highest BCUT2D eigenvalue weighted by molar-refractivity contribution is 5.84. The lowest BCUT2D eigenvalue weighted by Crippen LogP contribution is -2.41. The molecule has 1 aliphatic rings. The highest BCUT2D eigenvalue weighted by Crippen LogP contribution is 2.40. The number of likely N-dealkylation sites (tertiary alicyclic amines) is 1. The number of pyridine rings is 1. The fraction of sp³-hybridized carbons (Fsp3) is 0.385. The summed E-state index contributed by atoms with van der Waals surface area (Å²) in [6, 6.07) is 13.7. The van der Waals surface area contributed by atoms with Gasteiger partial charge in [-0.25, -0.2) is 0 Å². The molecule has 0 radical (unpaired) electrons. The number of hydrogen-bond donors (Lipinski definition) is 0. The number of rotatable bonds is 8. The van der Waals surface area contributed by atoms with E-state index >= 15 is 0 Å². The van der Waals surface area contributed by atoms with Crippen LogP contribution in [0.3, 0.4) is 0 Å². The minimum Gasteiger partial charge on any atom is -0.493 e. The second kappa shape index (κ2) is 10.4. The Balaban J connectivity index is 1.33. The largest absolute Gasteiger partial charge is 0.493 e. The quantitative estimate of drug-likeness (QED) is 0.511. The maximum Gasteiger partial charge on any atom is 0.222 e. The molecule has 0 atom stereocenters. The van der Waals surface area contributed by atoms with Crippen molar-refractivity contribution in [1.29, 1.82) is 0 Å². The molecule has 2 heterocycles. The molecule has 1 aromatic heterocycles. The van der Waals surface area contributed by atoms with E-state index in [1.807, 2.05) is 47.4 Å². The van der Waals surface area contributed by atoms with Crippen LogP contribution in [-0.4, -0.2) is 56.3 Å². The number of aromatic nitrogens is 1. The van der Waals surface area contributed by atoms with Gasteiger partial charge in [-0.15, -0.1) is 0 Å². The zero-order chi connectivity index (χ0) is 23.2. The molecular formula is C26H30N2O5. The van der Waals surface area contributed by atoms with Gasteiger partial charge in [0.25, 0.3) is 0 Å². The number of hydrogen-bond acceptors (Lipinski definition) is 6. The summed E-state index contributed by atoms with van der Waals surface area (Å²) in [5.74, 6) is 2.70. The molecule has 1 fully saturated rings. The molecule has 0 unspecified atom stereocenters. The van der Waals surface area contributed by atoms with E-state index in [4.69, 9.17) is 18.9 Å². The van der Waals surface area contributed by atoms with Gasteiger partial charge in [0.05, 0.1) is 21.3 Å². The van der Waals surface area contributed by atoms with Gasteiger partial charge in [-0.05, 0) is 30.2 Å². The fourth-order valence-electron chi connectivity index (χ4n) is 4.33. The van der Waals surface area contributed by atoms with E-state index in [9.17, 15) is 4.79 Å². The predicted octanol–water partition coefficient (Wildman–Crippen LogP) is 4.26. The van der Waals surface area contributed by atoms with Crippen molar-refractivity contribution in [3.05, 3.63) is 54.2 Å². The van der Waals surface area contributed by atoms with Gasteiger partial charge in [0.2, 0.25) is 11.7 Å². The smallest absolute Gasteiger partial charge is 0.222 e. The third-order valence-corrected chi connectivity index (χ3v) is 6.08. The van der Waals surface area contributed by atoms with Gasteiger partial charge in [0, 0.05) is 43.9 Å². The number of amides is 1. The van der Waals surface area contributed by atoms with Crippen LogP contribution >= 0.6 is 0 Å². The summed E-state index contributed by atoms with van der Waals surface area (Å²) in [4.78, 5) is 19.3. The SMILES string of the molecule is COc1ccc(CCC(=O)N2CCC(Oc3cccc4cccnc34)CC2)c(OC)c1OC. The van der Waals surface area contributed by atoms with E-state index in [0.29, 0.717) is 43.2 Å². The minimum absolute atomic E-state index is 0.0765. The monoisotopic (exact) mass is 450 g/mol. The van der Waals surface area contributed by atoms with E-state index in [-0.39, 0.29) is 12.0 Å². The number of fused-ring (bicyclic) bond motifs is 1. The number of aryl methyl sites for hydroxylation is 1. The van der Waals surface area contributed by atoms with E-state index < -0.39 is 0 Å². The van der Waals surface area contributed by atoms with Crippen LogP contribution in [0.2, 0.25) is 0 Å². The number of ether oxygens (including phenoxy) is 4. The first kappa shape index (κ1) is 22.7. The zero-order valence-electron chi connectivity index (χ0n) is 19.4. The van der Waals surface area contributed by atoms with Gasteiger partial charge in [-0.1, -0.05) is 24.3 Å². The standard InChI is InChI=1S/C26H30N2O5/c1-30-22-11-9-19(25(31-2)26(22)32-3)10-12-23(29)28-16-13-20(14-17-28)33-21-8-4-6-18-7-5-15-27-24(18)21/h4-9,11,15,20H,10,12-14,16-17H2,1-3H3. The van der Waals surface area contributed by atoms with Crippen molar-refractivity contribution >= 4 is 16.8 Å². The van der Waals surface area contributed by atoms with Gasteiger partial charge in [-0.3, -0.25) is 9.78 Å². The van der Waals surface area contributed by atoms with E-state index in [1.165, 1.54) is 0 Å². The minimum atomic E-state index is 0.0765. The molecule has 0 aliphatic carbocycles. The van der Waals surface area contributed by atoms with E-state index in [1.54, 1.807) is 27.5 Å². The molecule has 0 bridgehead atoms. The van der Waals surface area contributed by atoms with Crippen molar-refractivity contribution in [2.75, 3.05) is 34.4 Å². The molecule has 174 valence electrons. The molecule has 0 N–H and O–H groups in total. The zero-order valence-corrected chi connectivity index (χ0v) is 19.4. The molecule has 33 heavy (non-hydrogen) atoms. The Morgan fingerprint density at radius 1 is 0.939 bits per heavy atom. The lowest BCUT2D eigenvalue weighted by atomic mass is 10.0. The number of carbonyl (C=O) groups excluding carboxylic acids is 1. The summed E-state index contributed by atoms with van der Waals surface area (Å²) in [6.07, 6.45) is 4.44. The van der Waals surface area contributed by atoms with Gasteiger partial charge >= 0.3 is 0 Å². The number of para-hydroxylation sites is 1. The van der Waals surface area contributed by atoms with Crippen LogP contribution in [0, 0.1) is 0 Å². The first-order chi connectivity index (χ1) is 16.1. The van der Waals surface area contributed by atoms with Gasteiger partial charge in [0.1, 0.15) is 17.4 Å². The van der Waals surface area contributed by atoms with Crippen molar-refractivity contribution in [1.82, 2.24) is 9.88 Å². The Kier molecular flexibility index (Phi) is 7.17. The number of methoxy groups -OCH3 is 3. The molecule has 7 nitrogen and oxygen atoms in total. The highest BCUT2D eigenvalue weighted by Gasteiger charge is 2.25. The molecular weight excluding hydrogens is 420 g/mol. The van der Waals surface area contributed by atoms with E-state index in [2.05, 4.69) is 4.98 Å². The Labute approximate surface area is 194 Å². The third-order valence-electron chi connectivity index (χ3n) is 6.08. The molecule has 7 heteroatoms. The van der Waals surface area contributed by atoms with E-state index in [0.717, 1.165) is 35.1 Å². The average Bonchev–Trinajstić information content (AvgIpc) is 2.87. The molecule has 1 amide bonds. The van der Waals surface area contributed by atoms with Crippen molar-refractivity contribution in [2.24, 2.45) is 0 Å². The van der Waals surface area contributed by atoms with Crippen LogP contribution in [0.4, 0.5) is 0 Å². The Bertz CT molecular complexity index is 1100. The van der Waals surface area contributed by atoms with Crippen molar-refractivity contribution < 1.29 is 23.7 Å². The first-order valence-electron chi connectivity index (χ1n) is 11.2. The van der Waals surface area contributed by atoms with Crippen molar-refractivity contribution in [3.63, 3.8) is 0 Å². The molecule has 1 aliphatic heterocycles. The highest BCUT2D eigenvalue weighted by atomic mass is 16.5. The second-order valence-corrected chi connectivity index (χ2v) is 8.02. The third kappa shape index (κ3) is 4.97. The summed E-state index contributed by atoms with van der Waals surface area (Å²) in [5.41, 5.74) is 1.80. The summed E-state index contributed by atoms with van der Waals surface area (Å²) in [5, 5.41) is 1.06. The van der Waals surface area contributed by atoms with Gasteiger partial charge in [-0.2, -0.15) is 0 Å². The average molecular weight is 451 g/mol. The number of piperidine rings is 1. The van der Waals surface area contributed by atoms with Crippen LogP contribution in [0.25, 0.3) is 10.9 Å². The Morgan fingerprint density at radius 3 is 2.42 bits per heavy atom. The Hall–Kier alpha value is -3.48. The summed E-state index contributed by atoms with van der Waals surface area (Å²) < 4.78 is 22.6. The number of carbonyl (C=O) groups is 1. The molecule has 0 saturated carbocycles. The van der Waals surface area contributed by atoms with Gasteiger partial charge in [0.15, 0.2) is 11.5 Å². The van der Waals surface area contributed by atoms with Crippen LogP contribution in [0.5, 0.6) is 23.0 Å². The van der Waals surface area contributed by atoms with Crippen molar-refractivity contribution in [2.45, 2.75) is 31.8 Å². The number of benzene rings is 2. The van der Waals surface area contributed by atoms with Crippen LogP contribution in [0.1, 0.15) is 24.8 Å². The molecule has 2 aromatic carbocycles. The fourth-order valence-corrected chi connectivity index (χ4v) is 4.33. The van der Waals surface area contributed by atoms with Gasteiger partial charge < -0.3 is 23.8 Å². The van der Waals surface area contributed by atoms with Crippen LogP contribution < -0.4 is 18.9 Å². The lowest BCUT2D eigenvalue weighted by Gasteiger charge is -2.32. The molecule has 4 rings (SSSR count). The molecule has 3 aromatic rings. The molecule has 0 spiro atoms. The first-order valence-corrected chi connectivity index (χ1v) is 11.2. The van der Waals surface area contributed by atoms with Crippen molar-refractivity contribution in [3.8, 4) is 23.0 Å². The Morgan fingerprint density at radius 2 is 1.70 bits per heavy atom.